The number of rotatable bonds is 13. The van der Waals surface area contributed by atoms with Crippen molar-refractivity contribution in [3.63, 3.8) is 0 Å². The van der Waals surface area contributed by atoms with Gasteiger partial charge < -0.3 is 43.4 Å². The Bertz CT molecular complexity index is 5540. The number of imide groups is 2. The van der Waals surface area contributed by atoms with Gasteiger partial charge in [-0.3, -0.25) is 58.9 Å². The quantitative estimate of drug-likeness (QED) is 0.0786. The number of aliphatic hydroxyl groups excluding tert-OH is 1. The number of thioether (sulfide) groups is 1. The summed E-state index contributed by atoms with van der Waals surface area (Å²) >= 11 is 20.5. The molecule has 4 N–H and O–H groups in total. The molecule has 17 rings (SSSR count). The Balaban J connectivity index is 0.000000133. The Labute approximate surface area is 666 Å². The van der Waals surface area contributed by atoms with E-state index in [1.807, 2.05) is 179 Å². The van der Waals surface area contributed by atoms with Gasteiger partial charge in [-0.05, 0) is 111 Å². The van der Waals surface area contributed by atoms with Crippen molar-refractivity contribution in [1.29, 1.82) is 0 Å². The number of aromatic nitrogens is 6. The first-order valence-electron chi connectivity index (χ1n) is 37.4. The number of ether oxygens (including phenoxy) is 2. The lowest BCUT2D eigenvalue weighted by atomic mass is 9.95. The van der Waals surface area contributed by atoms with E-state index in [0.29, 0.717) is 114 Å². The molecule has 4 bridgehead atoms. The van der Waals surface area contributed by atoms with Crippen LogP contribution in [0.25, 0.3) is 71.6 Å². The van der Waals surface area contributed by atoms with Crippen LogP contribution in [0.1, 0.15) is 62.0 Å². The Hall–Kier alpha value is -10.5. The highest BCUT2D eigenvalue weighted by Crippen LogP contribution is 2.42. The molecule has 572 valence electrons. The van der Waals surface area contributed by atoms with E-state index in [-0.39, 0.29) is 46.9 Å². The average molecular weight is 1580 g/mol. The smallest absolute Gasteiger partial charge is 0.261 e. The monoisotopic (exact) mass is 1580 g/mol. The number of hydrogen-bond acceptors (Lipinski definition) is 15. The highest BCUT2D eigenvalue weighted by Gasteiger charge is 2.39. The van der Waals surface area contributed by atoms with Crippen molar-refractivity contribution in [1.82, 2.24) is 53.8 Å². The molecule has 0 aliphatic carbocycles. The van der Waals surface area contributed by atoms with E-state index in [1.54, 1.807) is 36.7 Å². The topological polar surface area (TPSA) is 236 Å². The van der Waals surface area contributed by atoms with Crippen LogP contribution in [0.5, 0.6) is 0 Å². The van der Waals surface area contributed by atoms with Gasteiger partial charge in [0.15, 0.2) is 0 Å². The van der Waals surface area contributed by atoms with Gasteiger partial charge in [-0.1, -0.05) is 133 Å². The van der Waals surface area contributed by atoms with E-state index < -0.39 is 11.8 Å². The molecule has 7 aromatic carbocycles. The number of pyridine rings is 1. The highest BCUT2D eigenvalue weighted by atomic mass is 35.5. The van der Waals surface area contributed by atoms with Crippen molar-refractivity contribution in [2.24, 2.45) is 0 Å². The molecule has 26 heteroatoms. The number of amides is 6. The summed E-state index contributed by atoms with van der Waals surface area (Å²) in [6.07, 6.45) is 10.2. The van der Waals surface area contributed by atoms with Crippen LogP contribution in [0.4, 0.5) is 11.4 Å². The van der Waals surface area contributed by atoms with Crippen molar-refractivity contribution in [3.05, 3.63) is 255 Å². The molecule has 1 atom stereocenters. The molecule has 6 amide bonds. The molecule has 0 spiro atoms. The van der Waals surface area contributed by atoms with Gasteiger partial charge >= 0.3 is 0 Å². The molecule has 5 aliphatic heterocycles. The summed E-state index contributed by atoms with van der Waals surface area (Å²) in [4.78, 5) is 92.6. The van der Waals surface area contributed by atoms with Gasteiger partial charge in [0.25, 0.3) is 35.4 Å². The first-order valence-corrected chi connectivity index (χ1v) is 39.7. The van der Waals surface area contributed by atoms with Crippen LogP contribution in [0.15, 0.2) is 201 Å². The number of carbonyl (C=O) groups excluding carboxylic acids is 6. The van der Waals surface area contributed by atoms with Gasteiger partial charge in [0.2, 0.25) is 0 Å². The first-order chi connectivity index (χ1) is 54.6. The minimum Gasteiger partial charge on any atom is -0.395 e. The third-order valence-electron chi connectivity index (χ3n) is 20.9. The lowest BCUT2D eigenvalue weighted by Crippen LogP contribution is -2.48. The maximum atomic E-state index is 13.7. The molecule has 5 aromatic heterocycles. The van der Waals surface area contributed by atoms with Gasteiger partial charge in [-0.15, -0.1) is 0 Å². The van der Waals surface area contributed by atoms with Crippen LogP contribution >= 0.6 is 46.6 Å². The number of nitrogens with zero attached hydrogens (tertiary/aromatic N) is 10. The summed E-state index contributed by atoms with van der Waals surface area (Å²) < 4.78 is 20.1. The summed E-state index contributed by atoms with van der Waals surface area (Å²) in [7, 11) is 1.97. The van der Waals surface area contributed by atoms with E-state index in [4.69, 9.17) is 49.4 Å². The number of nitrogens with one attached hydrogen (secondary N) is 3. The number of aliphatic hydroxyl groups is 1. The minimum atomic E-state index is -0.453. The Kier molecular flexibility index (Phi) is 23.7. The Morgan fingerprint density at radius 1 is 0.625 bits per heavy atom. The van der Waals surface area contributed by atoms with E-state index >= 15 is 0 Å². The normalized spacial score (nSPS) is 16.6. The molecule has 1 fully saturated rings. The SMILES string of the molecule is CCN1CCOCCn2cc(c3ccccc32)C2=C(C(=O)NC2=O)c2cn(c3ccccc23)CCOCC1.CN(CCO)CCCn1nc(C2=C(c3cn(-c4cccnc4)c4ccccc34)C(=O)NC2=O)c2ccccc21.O=C(Nc1ccc(C(=O)N2CC3CSCCN3Cc3ccccc32)c(Cl)c1)c1cc(Cl)cc(Cl)c1. The number of para-hydroxylation sites is 5. The van der Waals surface area contributed by atoms with Gasteiger partial charge in [0.05, 0.1) is 88.8 Å². The van der Waals surface area contributed by atoms with E-state index in [9.17, 15) is 33.9 Å². The van der Waals surface area contributed by atoms with Crippen LogP contribution in [0.3, 0.4) is 0 Å². The molecule has 1 saturated heterocycles. The fourth-order valence-electron chi connectivity index (χ4n) is 15.4. The molecule has 10 heterocycles. The second-order valence-corrected chi connectivity index (χ2v) is 30.3. The number of halogens is 3. The average Bonchev–Trinajstić information content (AvgIpc) is 1.59. The Morgan fingerprint density at radius 3 is 1.82 bits per heavy atom. The summed E-state index contributed by atoms with van der Waals surface area (Å²) in [6.45, 7) is 13.1. The van der Waals surface area contributed by atoms with Crippen molar-refractivity contribution < 1.29 is 43.3 Å². The lowest BCUT2D eigenvalue weighted by Gasteiger charge is -2.35. The largest absolute Gasteiger partial charge is 0.395 e. The summed E-state index contributed by atoms with van der Waals surface area (Å²) in [5.74, 6) is -0.0542. The number of likely N-dealkylation sites (N-methyl/N-ethyl adjacent to an activating group) is 2. The molecule has 112 heavy (non-hydrogen) atoms. The number of aryl methyl sites for hydroxylation is 1. The van der Waals surface area contributed by atoms with Gasteiger partial charge in [0, 0.05) is 177 Å². The van der Waals surface area contributed by atoms with E-state index in [2.05, 4.69) is 57.8 Å². The van der Waals surface area contributed by atoms with Crippen molar-refractivity contribution in [2.75, 3.05) is 108 Å². The lowest BCUT2D eigenvalue weighted by molar-refractivity contribution is -0.124. The number of anilines is 2. The minimum absolute atomic E-state index is 0.114. The second kappa shape index (κ2) is 34.6. The number of hydrogen-bond donors (Lipinski definition) is 4. The zero-order valence-corrected chi connectivity index (χ0v) is 64.9. The summed E-state index contributed by atoms with van der Waals surface area (Å²) in [5, 5.41) is 26.5. The molecule has 12 aromatic rings. The van der Waals surface area contributed by atoms with Crippen molar-refractivity contribution in [3.8, 4) is 5.69 Å². The zero-order valence-electron chi connectivity index (χ0n) is 61.8. The number of benzene rings is 7. The third kappa shape index (κ3) is 16.3. The highest BCUT2D eigenvalue weighted by molar-refractivity contribution is 7.99. The molecular formula is C86H82Cl3N13O9S. The van der Waals surface area contributed by atoms with Crippen LogP contribution in [-0.2, 0) is 54.8 Å². The number of fused-ring (bicyclic) bond motifs is 16. The van der Waals surface area contributed by atoms with Gasteiger partial charge in [0.1, 0.15) is 5.69 Å². The van der Waals surface area contributed by atoms with Crippen LogP contribution in [-0.4, -0.2) is 187 Å². The molecule has 1 unspecified atom stereocenters. The molecule has 5 aliphatic rings. The maximum absolute atomic E-state index is 13.7. The predicted octanol–water partition coefficient (Wildman–Crippen LogP) is 13.3. The fraction of sp³-hybridized carbons (Fsp3) is 0.256. The standard InChI is InChI=1S/C30H28N6O3.C30H32N4O4.C26H22Cl3N3O2S/c1-34(16-17-37)14-7-15-36-25-12-5-3-10-22(25)28(33-36)27-26(29(38)32-30(27)39)23-19-35(20-8-6-13-31-18-20)24-11-4-2-9-21(23)24;1-2-32-11-15-37-17-13-33-19-23(21-7-3-5-9-25(21)33)27-28(30(36)31-29(27)35)24-20-34(14-18-38-16-12-32)26-10-6-4-8-22(24)26;27-18-9-17(10-19(28)11-18)25(33)30-20-5-6-22(23(29)12-20)26(34)32-14-21-15-35-8-7-31(21)13-16-3-1-2-4-24(16)32/h2-6,8-13,18-19,37H,7,14-17H2,1H3,(H,32,38,39);3-10,19-20H,2,11-18H2,1H3,(H,31,35,36);1-6,9-12,21H,7-8,13-15H2,(H,30,33). The van der Waals surface area contributed by atoms with Gasteiger partial charge in [-0.25, -0.2) is 0 Å². The molecule has 0 radical (unpaired) electrons. The van der Waals surface area contributed by atoms with E-state index in [1.165, 1.54) is 12.1 Å². The molecule has 0 saturated carbocycles. The van der Waals surface area contributed by atoms with Crippen LogP contribution in [0.2, 0.25) is 15.1 Å². The van der Waals surface area contributed by atoms with Crippen molar-refractivity contribution >= 4 is 159 Å². The summed E-state index contributed by atoms with van der Waals surface area (Å²) in [6, 6.07) is 53.3. The van der Waals surface area contributed by atoms with Gasteiger partial charge in [-0.2, -0.15) is 16.9 Å². The zero-order chi connectivity index (χ0) is 77.5. The van der Waals surface area contributed by atoms with Crippen LogP contribution in [0, 0.1) is 0 Å². The van der Waals surface area contributed by atoms with E-state index in [0.717, 1.165) is 129 Å². The van der Waals surface area contributed by atoms with Crippen molar-refractivity contribution in [2.45, 2.75) is 45.6 Å². The maximum Gasteiger partial charge on any atom is 0.261 e. The number of carbonyl (C=O) groups is 6. The van der Waals surface area contributed by atoms with Crippen LogP contribution < -0.4 is 20.9 Å². The second-order valence-electron chi connectivity index (χ2n) is 27.9. The summed E-state index contributed by atoms with van der Waals surface area (Å²) in [5.41, 5.74) is 12.0. The third-order valence-corrected chi connectivity index (χ3v) is 22.7. The fourth-order valence-corrected chi connectivity index (χ4v) is 17.3. The Morgan fingerprint density at radius 2 is 1.20 bits per heavy atom. The first kappa shape index (κ1) is 76.8. The molecule has 22 nitrogen and oxygen atoms in total. The predicted molar refractivity (Wildman–Crippen MR) is 443 cm³/mol. The molecular weight excluding hydrogens is 1500 g/mol.